The molecule has 2 heteroatoms. The summed E-state index contributed by atoms with van der Waals surface area (Å²) in [6.07, 6.45) is 1.17. The number of hydrogen-bond acceptors (Lipinski definition) is 2. The Hall–Kier alpha value is -1.38. The zero-order chi connectivity index (χ0) is 15.1. The van der Waals surface area contributed by atoms with Gasteiger partial charge in [-0.15, -0.1) is 0 Å². The molecule has 21 heavy (non-hydrogen) atoms. The smallest absolute Gasteiger partial charge is 0.0455 e. The van der Waals surface area contributed by atoms with Gasteiger partial charge in [-0.05, 0) is 42.4 Å². The first-order valence-electron chi connectivity index (χ1n) is 8.23. The molecule has 2 rings (SSSR count). The van der Waals surface area contributed by atoms with Crippen molar-refractivity contribution in [1.82, 2.24) is 10.2 Å². The molecule has 0 aromatic heterocycles. The third-order valence-corrected chi connectivity index (χ3v) is 4.17. The lowest BCUT2D eigenvalue weighted by Crippen LogP contribution is -2.35. The van der Waals surface area contributed by atoms with E-state index in [-0.39, 0.29) is 0 Å². The minimum atomic E-state index is 0.399. The fourth-order valence-electron chi connectivity index (χ4n) is 2.89. The Labute approximate surface area is 129 Å². The molecular formula is C19H28N2. The van der Waals surface area contributed by atoms with Crippen molar-refractivity contribution in [2.75, 3.05) is 26.2 Å². The van der Waals surface area contributed by atoms with Crippen LogP contribution >= 0.6 is 0 Å². The summed E-state index contributed by atoms with van der Waals surface area (Å²) in [5.41, 5.74) is 1.42. The Morgan fingerprint density at radius 3 is 2.38 bits per heavy atom. The van der Waals surface area contributed by atoms with E-state index < -0.39 is 0 Å². The molecule has 0 fully saturated rings. The molecule has 0 saturated carbocycles. The molecule has 0 aliphatic heterocycles. The normalized spacial score (nSPS) is 13.0. The van der Waals surface area contributed by atoms with Crippen LogP contribution in [0.3, 0.4) is 0 Å². The molecule has 1 N–H and O–H groups in total. The Morgan fingerprint density at radius 1 is 0.952 bits per heavy atom. The van der Waals surface area contributed by atoms with Crippen LogP contribution in [0.2, 0.25) is 0 Å². The standard InChI is InChI=1S/C19H28N2/c1-4-14-20-19(15-21(5-2)6-3)18-13-9-11-16-10-7-8-12-17(16)18/h7-13,19-20H,4-6,14-15H2,1-3H3. The van der Waals surface area contributed by atoms with Gasteiger partial charge in [-0.3, -0.25) is 0 Å². The summed E-state index contributed by atoms with van der Waals surface area (Å²) >= 11 is 0. The summed E-state index contributed by atoms with van der Waals surface area (Å²) in [4.78, 5) is 2.50. The second-order valence-corrected chi connectivity index (χ2v) is 5.56. The number of benzene rings is 2. The molecule has 2 aromatic carbocycles. The average molecular weight is 284 g/mol. The average Bonchev–Trinajstić information content (AvgIpc) is 2.55. The van der Waals surface area contributed by atoms with E-state index in [4.69, 9.17) is 0 Å². The molecule has 0 aliphatic carbocycles. The zero-order valence-electron chi connectivity index (χ0n) is 13.6. The quantitative estimate of drug-likeness (QED) is 0.780. The lowest BCUT2D eigenvalue weighted by Gasteiger charge is -2.27. The number of fused-ring (bicyclic) bond motifs is 1. The molecule has 1 unspecified atom stereocenters. The van der Waals surface area contributed by atoms with Crippen LogP contribution in [0.25, 0.3) is 10.8 Å². The molecule has 2 aromatic rings. The molecule has 0 spiro atoms. The van der Waals surface area contributed by atoms with Crippen molar-refractivity contribution in [3.63, 3.8) is 0 Å². The van der Waals surface area contributed by atoms with Crippen molar-refractivity contribution >= 4 is 10.8 Å². The third-order valence-electron chi connectivity index (χ3n) is 4.17. The van der Waals surface area contributed by atoms with Crippen LogP contribution in [0.5, 0.6) is 0 Å². The number of rotatable bonds is 8. The number of likely N-dealkylation sites (N-methyl/N-ethyl adjacent to an activating group) is 1. The van der Waals surface area contributed by atoms with Crippen LogP contribution in [-0.2, 0) is 0 Å². The molecule has 0 aliphatic rings. The summed E-state index contributed by atoms with van der Waals surface area (Å²) in [5.74, 6) is 0. The van der Waals surface area contributed by atoms with E-state index in [1.54, 1.807) is 0 Å². The van der Waals surface area contributed by atoms with E-state index in [9.17, 15) is 0 Å². The van der Waals surface area contributed by atoms with Crippen molar-refractivity contribution < 1.29 is 0 Å². The van der Waals surface area contributed by atoms with Crippen molar-refractivity contribution in [3.8, 4) is 0 Å². The highest BCUT2D eigenvalue weighted by Crippen LogP contribution is 2.25. The lowest BCUT2D eigenvalue weighted by molar-refractivity contribution is 0.266. The van der Waals surface area contributed by atoms with Gasteiger partial charge in [0.25, 0.3) is 0 Å². The van der Waals surface area contributed by atoms with Crippen molar-refractivity contribution in [2.45, 2.75) is 33.2 Å². The van der Waals surface area contributed by atoms with E-state index >= 15 is 0 Å². The van der Waals surface area contributed by atoms with Crippen LogP contribution in [0.4, 0.5) is 0 Å². The minimum Gasteiger partial charge on any atom is -0.309 e. The third kappa shape index (κ3) is 4.05. The van der Waals surface area contributed by atoms with Crippen LogP contribution in [0, 0.1) is 0 Å². The fraction of sp³-hybridized carbons (Fsp3) is 0.474. The first kappa shape index (κ1) is 16.0. The summed E-state index contributed by atoms with van der Waals surface area (Å²) in [5, 5.41) is 6.44. The predicted molar refractivity (Wildman–Crippen MR) is 92.8 cm³/mol. The molecule has 0 saturated heterocycles. The SMILES string of the molecule is CCCNC(CN(CC)CC)c1cccc2ccccc12. The first-order valence-corrected chi connectivity index (χ1v) is 8.23. The second-order valence-electron chi connectivity index (χ2n) is 5.56. The Bertz CT molecular complexity index is 541. The van der Waals surface area contributed by atoms with Crippen molar-refractivity contribution in [1.29, 1.82) is 0 Å². The van der Waals surface area contributed by atoms with E-state index in [1.807, 2.05) is 0 Å². The van der Waals surface area contributed by atoms with Crippen LogP contribution in [-0.4, -0.2) is 31.1 Å². The van der Waals surface area contributed by atoms with Gasteiger partial charge in [0.05, 0.1) is 0 Å². The molecular weight excluding hydrogens is 256 g/mol. The summed E-state index contributed by atoms with van der Waals surface area (Å²) in [7, 11) is 0. The monoisotopic (exact) mass is 284 g/mol. The minimum absolute atomic E-state index is 0.399. The van der Waals surface area contributed by atoms with Crippen molar-refractivity contribution in [3.05, 3.63) is 48.0 Å². The second kappa shape index (κ2) is 8.16. The first-order chi connectivity index (χ1) is 10.3. The number of hydrogen-bond donors (Lipinski definition) is 1. The molecule has 114 valence electrons. The van der Waals surface area contributed by atoms with Gasteiger partial charge in [0.1, 0.15) is 0 Å². The Balaban J connectivity index is 2.33. The van der Waals surface area contributed by atoms with E-state index in [1.165, 1.54) is 22.8 Å². The van der Waals surface area contributed by atoms with E-state index in [2.05, 4.69) is 73.5 Å². The summed E-state index contributed by atoms with van der Waals surface area (Å²) < 4.78 is 0. The highest BCUT2D eigenvalue weighted by Gasteiger charge is 2.16. The van der Waals surface area contributed by atoms with E-state index in [0.29, 0.717) is 6.04 Å². The maximum Gasteiger partial charge on any atom is 0.0455 e. The van der Waals surface area contributed by atoms with Crippen LogP contribution < -0.4 is 5.32 Å². The molecule has 0 radical (unpaired) electrons. The Morgan fingerprint density at radius 2 is 1.67 bits per heavy atom. The molecule has 1 atom stereocenters. The van der Waals surface area contributed by atoms with Gasteiger partial charge in [0, 0.05) is 12.6 Å². The van der Waals surface area contributed by atoms with Crippen LogP contribution in [0.1, 0.15) is 38.8 Å². The van der Waals surface area contributed by atoms with Crippen molar-refractivity contribution in [2.24, 2.45) is 0 Å². The molecule has 2 nitrogen and oxygen atoms in total. The maximum absolute atomic E-state index is 3.74. The van der Waals surface area contributed by atoms with Crippen LogP contribution in [0.15, 0.2) is 42.5 Å². The van der Waals surface area contributed by atoms with Gasteiger partial charge in [-0.25, -0.2) is 0 Å². The summed E-state index contributed by atoms with van der Waals surface area (Å²) in [6.45, 7) is 11.0. The summed E-state index contributed by atoms with van der Waals surface area (Å²) in [6, 6.07) is 15.8. The maximum atomic E-state index is 3.74. The molecule has 0 bridgehead atoms. The fourth-order valence-corrected chi connectivity index (χ4v) is 2.89. The largest absolute Gasteiger partial charge is 0.309 e. The lowest BCUT2D eigenvalue weighted by atomic mass is 9.98. The van der Waals surface area contributed by atoms with Gasteiger partial charge < -0.3 is 10.2 Å². The Kier molecular flexibility index (Phi) is 6.21. The highest BCUT2D eigenvalue weighted by atomic mass is 15.1. The highest BCUT2D eigenvalue weighted by molar-refractivity contribution is 5.86. The number of nitrogens with zero attached hydrogens (tertiary/aromatic N) is 1. The predicted octanol–water partition coefficient (Wildman–Crippen LogP) is 4.22. The van der Waals surface area contributed by atoms with Gasteiger partial charge in [0.15, 0.2) is 0 Å². The van der Waals surface area contributed by atoms with Gasteiger partial charge >= 0.3 is 0 Å². The molecule has 0 heterocycles. The van der Waals surface area contributed by atoms with Gasteiger partial charge in [-0.2, -0.15) is 0 Å². The zero-order valence-corrected chi connectivity index (χ0v) is 13.6. The molecule has 0 amide bonds. The van der Waals surface area contributed by atoms with Gasteiger partial charge in [0.2, 0.25) is 0 Å². The van der Waals surface area contributed by atoms with E-state index in [0.717, 1.165) is 26.2 Å². The van der Waals surface area contributed by atoms with Gasteiger partial charge in [-0.1, -0.05) is 63.2 Å². The number of nitrogens with one attached hydrogen (secondary N) is 1. The topological polar surface area (TPSA) is 15.3 Å².